The largest absolute Gasteiger partial charge is 0.345 e. The summed E-state index contributed by atoms with van der Waals surface area (Å²) in [7, 11) is 3.81. The van der Waals surface area contributed by atoms with Crippen LogP contribution in [0.25, 0.3) is 16.2 Å². The molecule has 1 unspecified atom stereocenters. The maximum Gasteiger partial charge on any atom is 0.282 e. The molecule has 5 heterocycles. The zero-order valence-electron chi connectivity index (χ0n) is 24.5. The Kier molecular flexibility index (Phi) is 7.82. The summed E-state index contributed by atoms with van der Waals surface area (Å²) in [6, 6.07) is 10.4. The standard InChI is InChI=1S/C29H33F2N9OS2/c1-5-21-25(37(4)26-34-24(22(13-32)42-26)19-10-8-18(2)9-11-19)40-27(33-21)43-28(35-40)38-12-6-7-20(14-38)36(3)15-23(41)39-16-29(30,31)17-39/h8-11,20H,5-7,12,14-17H2,1-4H3. The number of benzene rings is 1. The molecule has 0 bridgehead atoms. The van der Waals surface area contributed by atoms with Crippen molar-refractivity contribution in [3.8, 4) is 17.3 Å². The number of carbonyl (C=O) groups is 1. The fourth-order valence-corrected chi connectivity index (χ4v) is 7.41. The first kappa shape index (κ1) is 29.4. The molecule has 0 saturated carbocycles. The number of alkyl halides is 2. The lowest BCUT2D eigenvalue weighted by Gasteiger charge is -2.41. The summed E-state index contributed by atoms with van der Waals surface area (Å²) in [6.45, 7) is 4.73. The van der Waals surface area contributed by atoms with Gasteiger partial charge in [0.1, 0.15) is 16.6 Å². The van der Waals surface area contributed by atoms with Crippen molar-refractivity contribution in [3.63, 3.8) is 0 Å². The van der Waals surface area contributed by atoms with Gasteiger partial charge in [0.15, 0.2) is 10.9 Å². The molecule has 0 N–H and O–H groups in total. The van der Waals surface area contributed by atoms with Crippen molar-refractivity contribution >= 4 is 49.6 Å². The lowest BCUT2D eigenvalue weighted by atomic mass is 10.0. The van der Waals surface area contributed by atoms with Crippen molar-refractivity contribution in [2.45, 2.75) is 45.1 Å². The first-order valence-electron chi connectivity index (χ1n) is 14.3. The predicted molar refractivity (Wildman–Crippen MR) is 165 cm³/mol. The van der Waals surface area contributed by atoms with Crippen LogP contribution in [0.4, 0.5) is 24.9 Å². The summed E-state index contributed by atoms with van der Waals surface area (Å²) in [5.74, 6) is -2.20. The lowest BCUT2D eigenvalue weighted by Crippen LogP contribution is -2.60. The Labute approximate surface area is 256 Å². The second kappa shape index (κ2) is 11.4. The van der Waals surface area contributed by atoms with Gasteiger partial charge < -0.3 is 14.7 Å². The van der Waals surface area contributed by atoms with Crippen LogP contribution in [-0.4, -0.2) is 94.1 Å². The molecule has 2 aliphatic heterocycles. The molecule has 1 amide bonds. The molecular formula is C29H33F2N9OS2. The average Bonchev–Trinajstić information content (AvgIpc) is 3.68. The average molecular weight is 626 g/mol. The number of piperidine rings is 1. The van der Waals surface area contributed by atoms with Crippen LogP contribution < -0.4 is 9.80 Å². The van der Waals surface area contributed by atoms with E-state index in [0.29, 0.717) is 28.7 Å². The van der Waals surface area contributed by atoms with Gasteiger partial charge >= 0.3 is 0 Å². The number of imidazole rings is 1. The topological polar surface area (TPSA) is 96.9 Å². The van der Waals surface area contributed by atoms with Crippen molar-refractivity contribution in [2.75, 3.05) is 56.6 Å². The van der Waals surface area contributed by atoms with Crippen molar-refractivity contribution in [1.29, 1.82) is 5.26 Å². The van der Waals surface area contributed by atoms with Gasteiger partial charge in [0.25, 0.3) is 5.92 Å². The van der Waals surface area contributed by atoms with E-state index in [-0.39, 0.29) is 18.5 Å². The van der Waals surface area contributed by atoms with Gasteiger partial charge in [-0.15, -0.1) is 5.10 Å². The molecule has 2 fully saturated rings. The van der Waals surface area contributed by atoms with Crippen LogP contribution in [0.1, 0.15) is 35.9 Å². The minimum atomic E-state index is -2.76. The van der Waals surface area contributed by atoms with E-state index in [2.05, 4.69) is 17.9 Å². The van der Waals surface area contributed by atoms with E-state index in [1.165, 1.54) is 27.6 Å². The van der Waals surface area contributed by atoms with Crippen LogP contribution in [-0.2, 0) is 11.2 Å². The van der Waals surface area contributed by atoms with Crippen LogP contribution in [0.3, 0.4) is 0 Å². The van der Waals surface area contributed by atoms with Crippen molar-refractivity contribution < 1.29 is 13.6 Å². The third-order valence-corrected chi connectivity index (χ3v) is 10.1. The summed E-state index contributed by atoms with van der Waals surface area (Å²) in [4.78, 5) is 31.0. The molecule has 6 rings (SSSR count). The van der Waals surface area contributed by atoms with E-state index >= 15 is 0 Å². The number of carbonyl (C=O) groups excluding carboxylic acids is 1. The molecule has 14 heteroatoms. The minimum absolute atomic E-state index is 0.101. The molecule has 0 radical (unpaired) electrons. The van der Waals surface area contributed by atoms with E-state index in [0.717, 1.165) is 52.1 Å². The number of nitriles is 1. The number of likely N-dealkylation sites (tertiary alicyclic amines) is 1. The Morgan fingerprint density at radius 1 is 1.19 bits per heavy atom. The molecule has 1 atom stereocenters. The fourth-order valence-electron chi connectivity index (χ4n) is 5.62. The Morgan fingerprint density at radius 2 is 1.93 bits per heavy atom. The van der Waals surface area contributed by atoms with Gasteiger partial charge in [0.05, 0.1) is 25.3 Å². The molecule has 1 aromatic carbocycles. The number of anilines is 3. The summed E-state index contributed by atoms with van der Waals surface area (Å²) < 4.78 is 28.3. The number of aryl methyl sites for hydroxylation is 2. The van der Waals surface area contributed by atoms with Crippen LogP contribution in [0.5, 0.6) is 0 Å². The monoisotopic (exact) mass is 625 g/mol. The Bertz CT molecular complexity index is 1680. The van der Waals surface area contributed by atoms with Crippen LogP contribution in [0, 0.1) is 18.3 Å². The number of halogens is 2. The van der Waals surface area contributed by atoms with E-state index in [9.17, 15) is 18.8 Å². The van der Waals surface area contributed by atoms with Gasteiger partial charge in [-0.25, -0.2) is 18.7 Å². The van der Waals surface area contributed by atoms with Crippen molar-refractivity contribution in [1.82, 2.24) is 29.4 Å². The molecule has 0 spiro atoms. The maximum atomic E-state index is 13.2. The summed E-state index contributed by atoms with van der Waals surface area (Å²) >= 11 is 2.86. The van der Waals surface area contributed by atoms with Crippen LogP contribution in [0.15, 0.2) is 24.3 Å². The van der Waals surface area contributed by atoms with Gasteiger partial charge in [0.2, 0.25) is 16.0 Å². The minimum Gasteiger partial charge on any atom is -0.345 e. The highest BCUT2D eigenvalue weighted by molar-refractivity contribution is 7.20. The fraction of sp³-hybridized carbons (Fsp3) is 0.483. The number of aromatic nitrogens is 4. The second-order valence-corrected chi connectivity index (χ2v) is 13.2. The maximum absolute atomic E-state index is 13.2. The Hall–Kier alpha value is -3.67. The summed E-state index contributed by atoms with van der Waals surface area (Å²) in [5.41, 5.74) is 3.60. The van der Waals surface area contributed by atoms with Crippen molar-refractivity contribution in [3.05, 3.63) is 40.4 Å². The van der Waals surface area contributed by atoms with E-state index in [1.807, 2.05) is 59.6 Å². The number of fused-ring (bicyclic) bond motifs is 1. The zero-order valence-corrected chi connectivity index (χ0v) is 26.2. The Morgan fingerprint density at radius 3 is 2.60 bits per heavy atom. The molecule has 10 nitrogen and oxygen atoms in total. The number of thiazole rings is 1. The first-order valence-corrected chi connectivity index (χ1v) is 15.9. The van der Waals surface area contributed by atoms with Gasteiger partial charge in [-0.3, -0.25) is 9.69 Å². The second-order valence-electron chi connectivity index (χ2n) is 11.3. The van der Waals surface area contributed by atoms with Gasteiger partial charge in [-0.05, 0) is 33.2 Å². The first-order chi connectivity index (χ1) is 20.6. The van der Waals surface area contributed by atoms with E-state index in [1.54, 1.807) is 0 Å². The number of hydrogen-bond donors (Lipinski definition) is 0. The van der Waals surface area contributed by atoms with Gasteiger partial charge in [-0.2, -0.15) is 9.78 Å². The van der Waals surface area contributed by atoms with Crippen LogP contribution in [0.2, 0.25) is 0 Å². The molecule has 226 valence electrons. The highest BCUT2D eigenvalue weighted by Crippen LogP contribution is 2.38. The predicted octanol–water partition coefficient (Wildman–Crippen LogP) is 4.80. The summed E-state index contributed by atoms with van der Waals surface area (Å²) in [6.07, 6.45) is 2.55. The third kappa shape index (κ3) is 5.69. The van der Waals surface area contributed by atoms with Crippen molar-refractivity contribution in [2.24, 2.45) is 0 Å². The molecule has 2 saturated heterocycles. The highest BCUT2D eigenvalue weighted by Gasteiger charge is 2.46. The molecular weight excluding hydrogens is 593 g/mol. The normalized spacial score (nSPS) is 18.2. The molecule has 43 heavy (non-hydrogen) atoms. The zero-order chi connectivity index (χ0) is 30.5. The molecule has 0 aliphatic carbocycles. The SMILES string of the molecule is CCc1nc2sc(N3CCCC(N(C)CC(=O)N4CC(F)(F)C4)C3)nn2c1N(C)c1nc(-c2ccc(C)cc2)c(C#N)s1. The van der Waals surface area contributed by atoms with Gasteiger partial charge in [0, 0.05) is 31.7 Å². The lowest BCUT2D eigenvalue weighted by molar-refractivity contribution is -0.166. The summed E-state index contributed by atoms with van der Waals surface area (Å²) in [5, 5.41) is 16.4. The molecule has 3 aromatic heterocycles. The number of rotatable bonds is 8. The number of nitrogens with zero attached hydrogens (tertiary/aromatic N) is 9. The highest BCUT2D eigenvalue weighted by atomic mass is 32.1. The third-order valence-electron chi connectivity index (χ3n) is 8.09. The molecule has 4 aromatic rings. The van der Waals surface area contributed by atoms with E-state index in [4.69, 9.17) is 15.1 Å². The number of amides is 1. The Balaban J connectivity index is 1.22. The van der Waals surface area contributed by atoms with Crippen LogP contribution >= 0.6 is 22.7 Å². The number of hydrogen-bond acceptors (Lipinski definition) is 10. The smallest absolute Gasteiger partial charge is 0.282 e. The van der Waals surface area contributed by atoms with E-state index < -0.39 is 19.0 Å². The number of likely N-dealkylation sites (N-methyl/N-ethyl adjacent to an activating group) is 1. The quantitative estimate of drug-likeness (QED) is 0.276. The molecule has 2 aliphatic rings. The van der Waals surface area contributed by atoms with Gasteiger partial charge in [-0.1, -0.05) is 59.4 Å².